The Kier molecular flexibility index (Phi) is 4.17. The van der Waals surface area contributed by atoms with Crippen LogP contribution in [-0.4, -0.2) is 6.71 Å². The summed E-state index contributed by atoms with van der Waals surface area (Å²) in [5.74, 6) is 0. The lowest BCUT2D eigenvalue weighted by atomic mass is 9.35. The van der Waals surface area contributed by atoms with E-state index < -0.39 is 0 Å². The van der Waals surface area contributed by atoms with Gasteiger partial charge in [-0.3, -0.25) is 0 Å². The van der Waals surface area contributed by atoms with E-state index in [-0.39, 0.29) is 6.71 Å². The van der Waals surface area contributed by atoms with Crippen molar-refractivity contribution in [2.75, 3.05) is 0 Å². The van der Waals surface area contributed by atoms with Gasteiger partial charge in [-0.05, 0) is 40.4 Å². The van der Waals surface area contributed by atoms with Crippen molar-refractivity contribution in [3.63, 3.8) is 0 Å². The van der Waals surface area contributed by atoms with Gasteiger partial charge in [-0.15, -0.1) is 0 Å². The van der Waals surface area contributed by atoms with Crippen LogP contribution in [0.3, 0.4) is 0 Å². The highest BCUT2D eigenvalue weighted by atomic mass is 16.3. The minimum Gasteiger partial charge on any atom is -0.457 e. The molecule has 0 spiro atoms. The molecule has 2 nitrogen and oxygen atoms in total. The summed E-state index contributed by atoms with van der Waals surface area (Å²) in [6.45, 7) is 0.00211. The second-order valence-corrected chi connectivity index (χ2v) is 10.4. The normalized spacial score (nSPS) is 12.6. The fourth-order valence-corrected chi connectivity index (χ4v) is 6.79. The molecule has 2 aromatic heterocycles. The van der Waals surface area contributed by atoms with Crippen LogP contribution in [0.1, 0.15) is 0 Å². The van der Waals surface area contributed by atoms with Crippen LogP contribution < -0.4 is 16.4 Å². The minimum absolute atomic E-state index is 0.00211. The fourth-order valence-electron chi connectivity index (χ4n) is 6.79. The third-order valence-corrected chi connectivity index (χ3v) is 8.39. The molecule has 0 atom stereocenters. The molecular weight excluding hydrogens is 475 g/mol. The van der Waals surface area contributed by atoms with Crippen LogP contribution in [0.15, 0.2) is 136 Å². The summed E-state index contributed by atoms with van der Waals surface area (Å²) in [7, 11) is 0. The fraction of sp³-hybridized carbons (Fsp3) is 0. The molecular formula is C36H21BO2. The van der Waals surface area contributed by atoms with Crippen LogP contribution in [0.25, 0.3) is 66.1 Å². The third-order valence-electron chi connectivity index (χ3n) is 8.39. The average molecular weight is 496 g/mol. The maximum absolute atomic E-state index is 6.59. The van der Waals surface area contributed by atoms with Gasteiger partial charge in [0.15, 0.2) is 0 Å². The monoisotopic (exact) mass is 496 g/mol. The molecule has 0 bridgehead atoms. The quantitative estimate of drug-likeness (QED) is 0.218. The Morgan fingerprint density at radius 1 is 0.385 bits per heavy atom. The molecule has 3 heteroatoms. The first kappa shape index (κ1) is 21.0. The second kappa shape index (κ2) is 7.75. The van der Waals surface area contributed by atoms with E-state index in [1.165, 1.54) is 44.0 Å². The van der Waals surface area contributed by atoms with Crippen LogP contribution in [0.5, 0.6) is 0 Å². The van der Waals surface area contributed by atoms with Crippen molar-refractivity contribution in [3.8, 4) is 22.3 Å². The van der Waals surface area contributed by atoms with E-state index in [0.29, 0.717) is 0 Å². The Morgan fingerprint density at radius 2 is 1.00 bits per heavy atom. The molecule has 0 saturated heterocycles. The van der Waals surface area contributed by atoms with Gasteiger partial charge in [-0.2, -0.15) is 0 Å². The zero-order valence-corrected chi connectivity index (χ0v) is 21.0. The molecule has 0 radical (unpaired) electrons. The summed E-state index contributed by atoms with van der Waals surface area (Å²) in [5, 5.41) is 4.63. The van der Waals surface area contributed by atoms with Crippen molar-refractivity contribution in [2.24, 2.45) is 0 Å². The molecule has 0 amide bonds. The zero-order chi connectivity index (χ0) is 25.5. The third kappa shape index (κ3) is 2.82. The summed E-state index contributed by atoms with van der Waals surface area (Å²) in [5.41, 5.74) is 12.4. The molecule has 0 fully saturated rings. The highest BCUT2D eigenvalue weighted by Gasteiger charge is 2.34. The van der Waals surface area contributed by atoms with E-state index in [2.05, 4.69) is 115 Å². The summed E-state index contributed by atoms with van der Waals surface area (Å²) in [4.78, 5) is 0. The first-order valence-electron chi connectivity index (χ1n) is 13.4. The Bertz CT molecular complexity index is 2250. The van der Waals surface area contributed by atoms with Crippen molar-refractivity contribution in [2.45, 2.75) is 0 Å². The van der Waals surface area contributed by atoms with Gasteiger partial charge in [0.2, 0.25) is 6.71 Å². The van der Waals surface area contributed by atoms with Gasteiger partial charge in [-0.25, -0.2) is 0 Å². The summed E-state index contributed by atoms with van der Waals surface area (Å²) in [6, 6.07) is 45.4. The van der Waals surface area contributed by atoms with E-state index >= 15 is 0 Å². The molecule has 1 aliphatic heterocycles. The van der Waals surface area contributed by atoms with E-state index in [0.717, 1.165) is 38.5 Å². The highest BCUT2D eigenvalue weighted by Crippen LogP contribution is 2.43. The molecule has 180 valence electrons. The molecule has 0 aliphatic carbocycles. The molecule has 8 aromatic rings. The number of para-hydroxylation sites is 3. The number of furan rings is 2. The Hall–Kier alpha value is -5.02. The van der Waals surface area contributed by atoms with E-state index in [4.69, 9.17) is 8.83 Å². The van der Waals surface area contributed by atoms with Gasteiger partial charge in [0.05, 0.1) is 0 Å². The molecule has 9 rings (SSSR count). The highest BCUT2D eigenvalue weighted by molar-refractivity contribution is 6.98. The lowest BCUT2D eigenvalue weighted by Crippen LogP contribution is -2.52. The van der Waals surface area contributed by atoms with E-state index in [1.54, 1.807) is 0 Å². The smallest absolute Gasteiger partial charge is 0.247 e. The van der Waals surface area contributed by atoms with Crippen LogP contribution >= 0.6 is 0 Å². The van der Waals surface area contributed by atoms with Crippen molar-refractivity contribution in [3.05, 3.63) is 127 Å². The maximum Gasteiger partial charge on any atom is 0.247 e. The number of hydrogen-bond donors (Lipinski definition) is 0. The van der Waals surface area contributed by atoms with Crippen molar-refractivity contribution in [1.82, 2.24) is 0 Å². The molecule has 6 aromatic carbocycles. The first-order valence-corrected chi connectivity index (χ1v) is 13.4. The van der Waals surface area contributed by atoms with Gasteiger partial charge >= 0.3 is 0 Å². The Balaban J connectivity index is 1.45. The van der Waals surface area contributed by atoms with Gasteiger partial charge in [-0.1, -0.05) is 120 Å². The molecule has 39 heavy (non-hydrogen) atoms. The largest absolute Gasteiger partial charge is 0.457 e. The molecule has 3 heterocycles. The minimum atomic E-state index is 0.00211. The van der Waals surface area contributed by atoms with E-state index in [1.807, 2.05) is 12.1 Å². The second-order valence-electron chi connectivity index (χ2n) is 10.4. The Labute approximate surface area is 225 Å². The summed E-state index contributed by atoms with van der Waals surface area (Å²) >= 11 is 0. The summed E-state index contributed by atoms with van der Waals surface area (Å²) in [6.07, 6.45) is 0. The number of rotatable bonds is 1. The standard InChI is InChI=1S/C36H21BO2/c1-5-15-28-22(10-1)24-20-21-33-35(27-13-4-8-19-32(27)38-33)34(24)26-12-2-6-16-29(26)37(28)30-17-9-14-25-23-11-3-7-18-31(23)39-36(25)30/h1-21H. The number of benzene rings is 6. The lowest BCUT2D eigenvalue weighted by Gasteiger charge is -2.18. The molecule has 0 N–H and O–H groups in total. The molecule has 0 saturated carbocycles. The SMILES string of the molecule is c1ccc2c(c1)B(c1cccc3c1oc1ccccc13)c1ccccc1-c1c-2ccc2oc3ccccc3c12. The van der Waals surface area contributed by atoms with Crippen LogP contribution in [0, 0.1) is 0 Å². The van der Waals surface area contributed by atoms with Gasteiger partial charge in [0, 0.05) is 27.1 Å². The van der Waals surface area contributed by atoms with Crippen molar-refractivity contribution < 1.29 is 8.83 Å². The van der Waals surface area contributed by atoms with Crippen LogP contribution in [0.2, 0.25) is 0 Å². The lowest BCUT2D eigenvalue weighted by molar-refractivity contribution is 0.669. The van der Waals surface area contributed by atoms with Gasteiger partial charge in [0.25, 0.3) is 0 Å². The van der Waals surface area contributed by atoms with Gasteiger partial charge in [0.1, 0.15) is 22.3 Å². The van der Waals surface area contributed by atoms with E-state index in [9.17, 15) is 0 Å². The average Bonchev–Trinajstić information content (AvgIpc) is 3.53. The topological polar surface area (TPSA) is 26.3 Å². The zero-order valence-electron chi connectivity index (χ0n) is 21.0. The number of fused-ring (bicyclic) bond motifs is 12. The van der Waals surface area contributed by atoms with Crippen LogP contribution in [-0.2, 0) is 0 Å². The molecule has 0 unspecified atom stereocenters. The summed E-state index contributed by atoms with van der Waals surface area (Å²) < 4.78 is 12.9. The predicted molar refractivity (Wildman–Crippen MR) is 163 cm³/mol. The van der Waals surface area contributed by atoms with Crippen LogP contribution in [0.4, 0.5) is 0 Å². The van der Waals surface area contributed by atoms with Gasteiger partial charge < -0.3 is 8.83 Å². The van der Waals surface area contributed by atoms with Crippen molar-refractivity contribution >= 4 is 67.0 Å². The maximum atomic E-state index is 6.59. The molecule has 1 aliphatic rings. The predicted octanol–water partition coefficient (Wildman–Crippen LogP) is 7.65. The Morgan fingerprint density at radius 3 is 1.85 bits per heavy atom. The number of hydrogen-bond acceptors (Lipinski definition) is 2. The first-order chi connectivity index (χ1) is 19.4. The van der Waals surface area contributed by atoms with Crippen molar-refractivity contribution in [1.29, 1.82) is 0 Å².